The SMILES string of the molecule is CCNC(=NCCCOC)NCCC(=O)Nc1ccc(Br)cc1.I. The predicted octanol–water partition coefficient (Wildman–Crippen LogP) is 2.99. The predicted molar refractivity (Wildman–Crippen MR) is 113 cm³/mol. The van der Waals surface area contributed by atoms with Crippen molar-refractivity contribution >= 4 is 57.5 Å². The van der Waals surface area contributed by atoms with Crippen molar-refractivity contribution in [2.24, 2.45) is 4.99 Å². The first-order valence-corrected chi connectivity index (χ1v) is 8.51. The average molecular weight is 513 g/mol. The smallest absolute Gasteiger partial charge is 0.226 e. The van der Waals surface area contributed by atoms with Gasteiger partial charge in [0.2, 0.25) is 5.91 Å². The molecular weight excluding hydrogens is 487 g/mol. The van der Waals surface area contributed by atoms with E-state index in [0.29, 0.717) is 26.1 Å². The number of hydrogen-bond acceptors (Lipinski definition) is 3. The number of hydrogen-bond donors (Lipinski definition) is 3. The number of carbonyl (C=O) groups excluding carboxylic acids is 1. The second-order valence-corrected chi connectivity index (χ2v) is 5.75. The lowest BCUT2D eigenvalue weighted by Gasteiger charge is -2.11. The number of nitrogens with zero attached hydrogens (tertiary/aromatic N) is 1. The zero-order valence-electron chi connectivity index (χ0n) is 14.1. The molecule has 0 spiro atoms. The van der Waals surface area contributed by atoms with E-state index in [9.17, 15) is 4.79 Å². The molecule has 0 bridgehead atoms. The van der Waals surface area contributed by atoms with Gasteiger partial charge in [-0.3, -0.25) is 9.79 Å². The van der Waals surface area contributed by atoms with Crippen LogP contribution in [0.3, 0.4) is 0 Å². The van der Waals surface area contributed by atoms with E-state index in [0.717, 1.165) is 29.1 Å². The fourth-order valence-corrected chi connectivity index (χ4v) is 2.06. The van der Waals surface area contributed by atoms with Crippen molar-refractivity contribution in [1.29, 1.82) is 0 Å². The topological polar surface area (TPSA) is 74.8 Å². The van der Waals surface area contributed by atoms with Gasteiger partial charge in [-0.15, -0.1) is 24.0 Å². The van der Waals surface area contributed by atoms with Gasteiger partial charge in [-0.05, 0) is 37.6 Å². The van der Waals surface area contributed by atoms with E-state index < -0.39 is 0 Å². The Kier molecular flexibility index (Phi) is 13.9. The number of carbonyl (C=O) groups is 1. The van der Waals surface area contributed by atoms with E-state index in [1.54, 1.807) is 7.11 Å². The lowest BCUT2D eigenvalue weighted by molar-refractivity contribution is -0.116. The molecular formula is C16H26BrIN4O2. The van der Waals surface area contributed by atoms with Crippen LogP contribution in [0.25, 0.3) is 0 Å². The van der Waals surface area contributed by atoms with Crippen LogP contribution in [-0.4, -0.2) is 45.2 Å². The van der Waals surface area contributed by atoms with Gasteiger partial charge >= 0.3 is 0 Å². The van der Waals surface area contributed by atoms with E-state index in [1.807, 2.05) is 31.2 Å². The number of ether oxygens (including phenoxy) is 1. The van der Waals surface area contributed by atoms with Gasteiger partial charge in [-0.2, -0.15) is 0 Å². The second kappa shape index (κ2) is 14.5. The first kappa shape index (κ1) is 23.1. The summed E-state index contributed by atoms with van der Waals surface area (Å²) in [6, 6.07) is 7.50. The summed E-state index contributed by atoms with van der Waals surface area (Å²) >= 11 is 3.36. The van der Waals surface area contributed by atoms with E-state index in [-0.39, 0.29) is 29.9 Å². The van der Waals surface area contributed by atoms with Crippen LogP contribution in [0.5, 0.6) is 0 Å². The highest BCUT2D eigenvalue weighted by Crippen LogP contribution is 2.14. The van der Waals surface area contributed by atoms with Crippen molar-refractivity contribution in [1.82, 2.24) is 10.6 Å². The lowest BCUT2D eigenvalue weighted by atomic mass is 10.3. The third-order valence-corrected chi connectivity index (χ3v) is 3.42. The summed E-state index contributed by atoms with van der Waals surface area (Å²) in [6.07, 6.45) is 1.25. The molecule has 0 radical (unpaired) electrons. The van der Waals surface area contributed by atoms with E-state index in [2.05, 4.69) is 36.9 Å². The zero-order chi connectivity index (χ0) is 16.9. The van der Waals surface area contributed by atoms with Gasteiger partial charge in [0.15, 0.2) is 5.96 Å². The molecule has 1 amide bonds. The van der Waals surface area contributed by atoms with Gasteiger partial charge in [-0.25, -0.2) is 0 Å². The molecule has 3 N–H and O–H groups in total. The van der Waals surface area contributed by atoms with Crippen LogP contribution in [0.15, 0.2) is 33.7 Å². The third-order valence-electron chi connectivity index (χ3n) is 2.89. The Morgan fingerprint density at radius 2 is 1.96 bits per heavy atom. The number of guanidine groups is 1. The quantitative estimate of drug-likeness (QED) is 0.206. The van der Waals surface area contributed by atoms with E-state index in [4.69, 9.17) is 4.74 Å². The van der Waals surface area contributed by atoms with Crippen molar-refractivity contribution in [2.45, 2.75) is 19.8 Å². The van der Waals surface area contributed by atoms with Gasteiger partial charge in [0.25, 0.3) is 0 Å². The number of halogens is 2. The van der Waals surface area contributed by atoms with E-state index >= 15 is 0 Å². The van der Waals surface area contributed by atoms with Gasteiger partial charge in [0, 0.05) is 49.9 Å². The van der Waals surface area contributed by atoms with Crippen LogP contribution < -0.4 is 16.0 Å². The summed E-state index contributed by atoms with van der Waals surface area (Å²) in [5.74, 6) is 0.690. The maximum absolute atomic E-state index is 11.9. The third kappa shape index (κ3) is 10.8. The lowest BCUT2D eigenvalue weighted by Crippen LogP contribution is -2.38. The Bertz CT molecular complexity index is 497. The number of amides is 1. The fraction of sp³-hybridized carbons (Fsp3) is 0.500. The molecule has 136 valence electrons. The molecule has 0 atom stereocenters. The molecule has 0 saturated heterocycles. The second-order valence-electron chi connectivity index (χ2n) is 4.84. The van der Waals surface area contributed by atoms with Crippen molar-refractivity contribution in [3.05, 3.63) is 28.7 Å². The number of anilines is 1. The molecule has 0 aliphatic heterocycles. The molecule has 0 aromatic heterocycles. The Labute approximate surface area is 169 Å². The Morgan fingerprint density at radius 1 is 1.25 bits per heavy atom. The summed E-state index contributed by atoms with van der Waals surface area (Å²) in [7, 11) is 1.68. The summed E-state index contributed by atoms with van der Waals surface area (Å²) in [4.78, 5) is 16.3. The molecule has 1 rings (SSSR count). The number of nitrogens with one attached hydrogen (secondary N) is 3. The number of rotatable bonds is 9. The molecule has 0 heterocycles. The molecule has 0 aliphatic rings. The van der Waals surface area contributed by atoms with Gasteiger partial charge in [-0.1, -0.05) is 15.9 Å². The largest absolute Gasteiger partial charge is 0.385 e. The Hall–Kier alpha value is -0.870. The first-order valence-electron chi connectivity index (χ1n) is 7.72. The first-order chi connectivity index (χ1) is 11.2. The van der Waals surface area contributed by atoms with Crippen LogP contribution in [0, 0.1) is 0 Å². The maximum Gasteiger partial charge on any atom is 0.226 e. The molecule has 1 aromatic carbocycles. The minimum atomic E-state index is -0.0324. The monoisotopic (exact) mass is 512 g/mol. The van der Waals surface area contributed by atoms with Gasteiger partial charge in [0.05, 0.1) is 0 Å². The number of methoxy groups -OCH3 is 1. The summed E-state index contributed by atoms with van der Waals surface area (Å²) < 4.78 is 5.98. The average Bonchev–Trinajstić information content (AvgIpc) is 2.53. The highest BCUT2D eigenvalue weighted by atomic mass is 127. The summed E-state index contributed by atoms with van der Waals surface area (Å²) in [5, 5.41) is 9.16. The fourth-order valence-electron chi connectivity index (χ4n) is 1.79. The van der Waals surface area contributed by atoms with E-state index in [1.165, 1.54) is 0 Å². The minimum absolute atomic E-state index is 0. The summed E-state index contributed by atoms with van der Waals surface area (Å²) in [6.45, 7) is 4.69. The Morgan fingerprint density at radius 3 is 2.58 bits per heavy atom. The van der Waals surface area contributed by atoms with Crippen LogP contribution >= 0.6 is 39.9 Å². The van der Waals surface area contributed by atoms with Crippen molar-refractivity contribution in [3.63, 3.8) is 0 Å². The summed E-state index contributed by atoms with van der Waals surface area (Å²) in [5.41, 5.74) is 0.790. The van der Waals surface area contributed by atoms with Gasteiger partial charge < -0.3 is 20.7 Å². The van der Waals surface area contributed by atoms with Crippen LogP contribution in [0.1, 0.15) is 19.8 Å². The molecule has 0 unspecified atom stereocenters. The molecule has 6 nitrogen and oxygen atoms in total. The molecule has 8 heteroatoms. The van der Waals surface area contributed by atoms with Crippen LogP contribution in [-0.2, 0) is 9.53 Å². The van der Waals surface area contributed by atoms with Crippen LogP contribution in [0.4, 0.5) is 5.69 Å². The minimum Gasteiger partial charge on any atom is -0.385 e. The molecule has 0 saturated carbocycles. The highest BCUT2D eigenvalue weighted by molar-refractivity contribution is 14.0. The molecule has 0 aliphatic carbocycles. The number of aliphatic imine (C=N–C) groups is 1. The van der Waals surface area contributed by atoms with Crippen molar-refractivity contribution in [2.75, 3.05) is 38.7 Å². The Balaban J connectivity index is 0.00000529. The standard InChI is InChI=1S/C16H25BrN4O2.HI/c1-3-18-16(19-10-4-12-23-2)20-11-9-15(22)21-14-7-5-13(17)6-8-14;/h5-8H,3-4,9-12H2,1-2H3,(H,21,22)(H2,18,19,20);1H. The highest BCUT2D eigenvalue weighted by Gasteiger charge is 2.03. The van der Waals surface area contributed by atoms with Crippen molar-refractivity contribution < 1.29 is 9.53 Å². The maximum atomic E-state index is 11.9. The molecule has 24 heavy (non-hydrogen) atoms. The zero-order valence-corrected chi connectivity index (χ0v) is 18.0. The molecule has 1 aromatic rings. The number of benzene rings is 1. The molecule has 0 fully saturated rings. The normalized spacial score (nSPS) is 10.7. The van der Waals surface area contributed by atoms with Crippen LogP contribution in [0.2, 0.25) is 0 Å². The van der Waals surface area contributed by atoms with Crippen molar-refractivity contribution in [3.8, 4) is 0 Å². The van der Waals surface area contributed by atoms with Gasteiger partial charge in [0.1, 0.15) is 0 Å².